The van der Waals surface area contributed by atoms with Crippen molar-refractivity contribution in [2.75, 3.05) is 4.90 Å². The first kappa shape index (κ1) is 28.7. The number of rotatable bonds is 3. The molecule has 0 amide bonds. The van der Waals surface area contributed by atoms with Crippen molar-refractivity contribution < 1.29 is 4.42 Å². The predicted octanol–water partition coefficient (Wildman–Crippen LogP) is 14.9. The Morgan fingerprint density at radius 2 is 1.09 bits per heavy atom. The van der Waals surface area contributed by atoms with Crippen molar-refractivity contribution in [1.82, 2.24) is 4.40 Å². The number of pyridine rings is 1. The number of nitrogens with zero attached hydrogens (tertiary/aromatic N) is 2. The first-order chi connectivity index (χ1) is 26.8. The fourth-order valence-corrected chi connectivity index (χ4v) is 10.5. The third-order valence-electron chi connectivity index (χ3n) is 11.6. The molecular formula is C50H28N2OS. The van der Waals surface area contributed by atoms with Crippen LogP contribution in [0.5, 0.6) is 0 Å². The summed E-state index contributed by atoms with van der Waals surface area (Å²) in [5.74, 6) is 0. The summed E-state index contributed by atoms with van der Waals surface area (Å²) in [6.45, 7) is 0. The van der Waals surface area contributed by atoms with Gasteiger partial charge in [-0.1, -0.05) is 103 Å². The largest absolute Gasteiger partial charge is 0.456 e. The Morgan fingerprint density at radius 1 is 0.407 bits per heavy atom. The molecule has 0 N–H and O–H groups in total. The van der Waals surface area contributed by atoms with Gasteiger partial charge in [0, 0.05) is 75.3 Å². The van der Waals surface area contributed by atoms with Crippen LogP contribution in [0.2, 0.25) is 0 Å². The van der Waals surface area contributed by atoms with Gasteiger partial charge < -0.3 is 13.7 Å². The highest BCUT2D eigenvalue weighted by Crippen LogP contribution is 2.49. The summed E-state index contributed by atoms with van der Waals surface area (Å²) in [5.41, 5.74) is 8.78. The third-order valence-corrected chi connectivity index (χ3v) is 12.8. The van der Waals surface area contributed by atoms with Gasteiger partial charge in [0.1, 0.15) is 11.2 Å². The van der Waals surface area contributed by atoms with E-state index in [9.17, 15) is 0 Å². The highest BCUT2D eigenvalue weighted by atomic mass is 32.1. The molecule has 0 saturated heterocycles. The molecule has 3 nitrogen and oxygen atoms in total. The van der Waals surface area contributed by atoms with Crippen LogP contribution in [0, 0.1) is 0 Å². The molecule has 13 aromatic rings. The average molecular weight is 705 g/mol. The Kier molecular flexibility index (Phi) is 5.51. The Labute approximate surface area is 312 Å². The van der Waals surface area contributed by atoms with Crippen molar-refractivity contribution in [3.8, 4) is 0 Å². The molecule has 0 radical (unpaired) electrons. The SMILES string of the molecule is c1ccc2c(c1)cc1cccc3c4cccc5c6c(N(c7ccc8c(c7)oc7ccccc78)c7ccc8sc9ccccc9c8c7)cccc6n(c45)c2c13. The lowest BCUT2D eigenvalue weighted by Gasteiger charge is -2.26. The summed E-state index contributed by atoms with van der Waals surface area (Å²) in [5, 5.41) is 14.9. The van der Waals surface area contributed by atoms with Crippen LogP contribution >= 0.6 is 11.3 Å². The van der Waals surface area contributed by atoms with Gasteiger partial charge in [-0.3, -0.25) is 0 Å². The summed E-state index contributed by atoms with van der Waals surface area (Å²) in [6.07, 6.45) is 0. The molecule has 9 aromatic carbocycles. The van der Waals surface area contributed by atoms with E-state index >= 15 is 0 Å². The van der Waals surface area contributed by atoms with E-state index in [-0.39, 0.29) is 0 Å². The van der Waals surface area contributed by atoms with Crippen molar-refractivity contribution in [3.63, 3.8) is 0 Å². The number of hydrogen-bond acceptors (Lipinski definition) is 3. The molecule has 0 unspecified atom stereocenters. The van der Waals surface area contributed by atoms with E-state index in [4.69, 9.17) is 4.42 Å². The molecule has 0 saturated carbocycles. The van der Waals surface area contributed by atoms with E-state index in [1.54, 1.807) is 0 Å². The summed E-state index contributed by atoms with van der Waals surface area (Å²) >= 11 is 1.85. The van der Waals surface area contributed by atoms with Crippen molar-refractivity contribution in [2.24, 2.45) is 0 Å². The summed E-state index contributed by atoms with van der Waals surface area (Å²) in [4.78, 5) is 2.45. The van der Waals surface area contributed by atoms with E-state index in [0.717, 1.165) is 39.0 Å². The van der Waals surface area contributed by atoms with Crippen LogP contribution in [0.1, 0.15) is 0 Å². The smallest absolute Gasteiger partial charge is 0.137 e. The standard InChI is InChI=1S/C50H28N2OS/c1-2-12-33-29(10-1)26-30-11-7-15-37-38-16-8-17-39-48-41(18-9-19-42(48)52(49(38)39)50(33)47(30)37)51(31-23-25-46-40(27-31)36-14-4-6-21-45(36)54-46)32-22-24-35-34-13-3-5-20-43(34)53-44(35)28-32/h1-28H. The number of benzene rings is 9. The van der Waals surface area contributed by atoms with Crippen LogP contribution < -0.4 is 4.90 Å². The van der Waals surface area contributed by atoms with Gasteiger partial charge in [0.15, 0.2) is 0 Å². The van der Waals surface area contributed by atoms with Gasteiger partial charge in [0.25, 0.3) is 0 Å². The van der Waals surface area contributed by atoms with E-state index in [1.807, 2.05) is 17.4 Å². The molecule has 0 aliphatic carbocycles. The van der Waals surface area contributed by atoms with Gasteiger partial charge in [-0.15, -0.1) is 11.3 Å². The molecule has 4 aromatic heterocycles. The van der Waals surface area contributed by atoms with E-state index in [2.05, 4.69) is 173 Å². The fraction of sp³-hybridized carbons (Fsp3) is 0. The Hall–Kier alpha value is -6.88. The van der Waals surface area contributed by atoms with Crippen molar-refractivity contribution >= 4 is 130 Å². The van der Waals surface area contributed by atoms with E-state index in [0.29, 0.717) is 0 Å². The molecule has 13 rings (SSSR count). The summed E-state index contributed by atoms with van der Waals surface area (Å²) < 4.78 is 11.7. The Balaban J connectivity index is 1.19. The first-order valence-electron chi connectivity index (χ1n) is 18.4. The average Bonchev–Trinajstić information content (AvgIpc) is 3.89. The molecule has 250 valence electrons. The van der Waals surface area contributed by atoms with Crippen molar-refractivity contribution in [1.29, 1.82) is 0 Å². The lowest BCUT2D eigenvalue weighted by molar-refractivity contribution is 0.669. The van der Waals surface area contributed by atoms with Gasteiger partial charge in [-0.25, -0.2) is 0 Å². The Bertz CT molecular complexity index is 3700. The second kappa shape index (κ2) is 10.4. The van der Waals surface area contributed by atoms with Gasteiger partial charge >= 0.3 is 0 Å². The highest BCUT2D eigenvalue weighted by Gasteiger charge is 2.25. The van der Waals surface area contributed by atoms with Crippen molar-refractivity contribution in [2.45, 2.75) is 0 Å². The second-order valence-electron chi connectivity index (χ2n) is 14.5. The monoisotopic (exact) mass is 704 g/mol. The fourth-order valence-electron chi connectivity index (χ4n) is 9.42. The molecule has 0 fully saturated rings. The minimum Gasteiger partial charge on any atom is -0.456 e. The van der Waals surface area contributed by atoms with Gasteiger partial charge in [0.05, 0.1) is 22.2 Å². The molecule has 0 spiro atoms. The molecule has 0 aliphatic rings. The molecule has 4 heteroatoms. The lowest BCUT2D eigenvalue weighted by Crippen LogP contribution is -2.10. The number of para-hydroxylation sites is 2. The van der Waals surface area contributed by atoms with Crippen LogP contribution in [-0.2, 0) is 0 Å². The minimum atomic E-state index is 0.879. The van der Waals surface area contributed by atoms with Gasteiger partial charge in [0.2, 0.25) is 0 Å². The van der Waals surface area contributed by atoms with Crippen LogP contribution in [0.3, 0.4) is 0 Å². The normalized spacial score (nSPS) is 12.4. The molecule has 54 heavy (non-hydrogen) atoms. The highest BCUT2D eigenvalue weighted by molar-refractivity contribution is 7.25. The maximum atomic E-state index is 6.51. The second-order valence-corrected chi connectivity index (χ2v) is 15.5. The number of thiophene rings is 1. The van der Waals surface area contributed by atoms with Crippen LogP contribution in [0.25, 0.3) is 102 Å². The quantitative estimate of drug-likeness (QED) is 0.135. The van der Waals surface area contributed by atoms with E-state index < -0.39 is 0 Å². The van der Waals surface area contributed by atoms with Crippen molar-refractivity contribution in [3.05, 3.63) is 170 Å². The maximum Gasteiger partial charge on any atom is 0.137 e. The number of aromatic nitrogens is 1. The predicted molar refractivity (Wildman–Crippen MR) is 231 cm³/mol. The zero-order valence-corrected chi connectivity index (χ0v) is 29.7. The van der Waals surface area contributed by atoms with E-state index in [1.165, 1.54) is 79.8 Å². The topological polar surface area (TPSA) is 20.8 Å². The minimum absolute atomic E-state index is 0.879. The molecule has 0 atom stereocenters. The number of fused-ring (bicyclic) bond motifs is 13. The van der Waals surface area contributed by atoms with Gasteiger partial charge in [-0.05, 0) is 76.8 Å². The first-order valence-corrected chi connectivity index (χ1v) is 19.2. The summed E-state index contributed by atoms with van der Waals surface area (Å²) in [7, 11) is 0. The Morgan fingerprint density at radius 3 is 2.06 bits per heavy atom. The zero-order valence-electron chi connectivity index (χ0n) is 28.9. The molecular weight excluding hydrogens is 677 g/mol. The molecule has 0 bridgehead atoms. The number of hydrogen-bond donors (Lipinski definition) is 0. The number of furan rings is 1. The lowest BCUT2D eigenvalue weighted by atomic mass is 9.95. The zero-order chi connectivity index (χ0) is 35.1. The maximum absolute atomic E-state index is 6.51. The van der Waals surface area contributed by atoms with Crippen LogP contribution in [-0.4, -0.2) is 4.40 Å². The van der Waals surface area contributed by atoms with Gasteiger partial charge in [-0.2, -0.15) is 0 Å². The third kappa shape index (κ3) is 3.70. The van der Waals surface area contributed by atoms with Crippen LogP contribution in [0.4, 0.5) is 17.1 Å². The number of anilines is 3. The molecule has 4 heterocycles. The molecule has 0 aliphatic heterocycles. The summed E-state index contributed by atoms with van der Waals surface area (Å²) in [6, 6.07) is 62.4. The van der Waals surface area contributed by atoms with Crippen LogP contribution in [0.15, 0.2) is 174 Å².